The van der Waals surface area contributed by atoms with Crippen molar-refractivity contribution in [2.24, 2.45) is 0 Å². The van der Waals surface area contributed by atoms with Crippen molar-refractivity contribution in [3.63, 3.8) is 0 Å². The molecule has 0 unspecified atom stereocenters. The summed E-state index contributed by atoms with van der Waals surface area (Å²) in [5, 5.41) is 0.227. The van der Waals surface area contributed by atoms with Crippen LogP contribution in [0.2, 0.25) is 5.02 Å². The maximum Gasteiger partial charge on any atom is 0.306 e. The molecule has 0 bridgehead atoms. The quantitative estimate of drug-likeness (QED) is 0.378. The summed E-state index contributed by atoms with van der Waals surface area (Å²) in [6, 6.07) is 24.5. The van der Waals surface area contributed by atoms with Crippen molar-refractivity contribution in [3.05, 3.63) is 95.5 Å². The third-order valence-corrected chi connectivity index (χ3v) is 4.95. The molecule has 0 aliphatic heterocycles. The molecule has 3 amide bonds. The Kier molecular flexibility index (Phi) is 8.76. The van der Waals surface area contributed by atoms with Crippen LogP contribution in [-0.2, 0) is 19.1 Å². The van der Waals surface area contributed by atoms with E-state index in [9.17, 15) is 19.2 Å². The minimum Gasteiger partial charge on any atom is -0.455 e. The minimum atomic E-state index is -0.740. The van der Waals surface area contributed by atoms with Crippen molar-refractivity contribution < 1.29 is 23.9 Å². The molecule has 8 nitrogen and oxygen atoms in total. The SMILES string of the molecule is O=C(COC(=O)CCC(=O)N(c1ccccc1)c1ccccc1)NNC(=O)c1ccccc1Cl. The second-order valence-corrected chi connectivity index (χ2v) is 7.45. The molecule has 2 N–H and O–H groups in total. The van der Waals surface area contributed by atoms with Gasteiger partial charge in [0.15, 0.2) is 6.61 Å². The molecule has 0 saturated heterocycles. The van der Waals surface area contributed by atoms with Crippen LogP contribution in [0.15, 0.2) is 84.9 Å². The average Bonchev–Trinajstić information content (AvgIpc) is 2.86. The normalized spacial score (nSPS) is 10.1. The van der Waals surface area contributed by atoms with Crippen LogP contribution in [0, 0.1) is 0 Å². The van der Waals surface area contributed by atoms with E-state index in [1.165, 1.54) is 17.0 Å². The summed E-state index contributed by atoms with van der Waals surface area (Å²) < 4.78 is 4.91. The van der Waals surface area contributed by atoms with E-state index >= 15 is 0 Å². The van der Waals surface area contributed by atoms with Crippen molar-refractivity contribution in [1.29, 1.82) is 0 Å². The van der Waals surface area contributed by atoms with Crippen LogP contribution in [0.4, 0.5) is 11.4 Å². The van der Waals surface area contributed by atoms with Crippen LogP contribution in [0.1, 0.15) is 23.2 Å². The zero-order chi connectivity index (χ0) is 24.3. The number of amides is 3. The maximum absolute atomic E-state index is 12.9. The largest absolute Gasteiger partial charge is 0.455 e. The summed E-state index contributed by atoms with van der Waals surface area (Å²) in [4.78, 5) is 50.4. The third kappa shape index (κ3) is 6.91. The number of para-hydroxylation sites is 2. The van der Waals surface area contributed by atoms with Gasteiger partial charge in [-0.2, -0.15) is 0 Å². The summed E-state index contributed by atoms with van der Waals surface area (Å²) >= 11 is 5.92. The molecule has 3 aromatic rings. The highest BCUT2D eigenvalue weighted by atomic mass is 35.5. The van der Waals surface area contributed by atoms with Crippen molar-refractivity contribution in [2.45, 2.75) is 12.8 Å². The molecule has 34 heavy (non-hydrogen) atoms. The van der Waals surface area contributed by atoms with E-state index in [1.54, 1.807) is 36.4 Å². The van der Waals surface area contributed by atoms with Crippen molar-refractivity contribution in [1.82, 2.24) is 10.9 Å². The van der Waals surface area contributed by atoms with Crippen molar-refractivity contribution in [2.75, 3.05) is 11.5 Å². The van der Waals surface area contributed by atoms with Crippen LogP contribution in [0.3, 0.4) is 0 Å². The van der Waals surface area contributed by atoms with Gasteiger partial charge in [-0.15, -0.1) is 0 Å². The van der Waals surface area contributed by atoms with E-state index in [0.29, 0.717) is 11.4 Å². The summed E-state index contributed by atoms with van der Waals surface area (Å²) in [7, 11) is 0. The average molecular weight is 480 g/mol. The van der Waals surface area contributed by atoms with Gasteiger partial charge in [0.05, 0.1) is 17.0 Å². The summed E-state index contributed by atoms with van der Waals surface area (Å²) in [6.07, 6.45) is -0.332. The van der Waals surface area contributed by atoms with Gasteiger partial charge in [-0.1, -0.05) is 60.1 Å². The summed E-state index contributed by atoms with van der Waals surface area (Å²) in [5.74, 6) is -2.37. The van der Waals surface area contributed by atoms with E-state index in [1.807, 2.05) is 36.4 Å². The van der Waals surface area contributed by atoms with Gasteiger partial charge in [-0.25, -0.2) is 0 Å². The first-order chi connectivity index (χ1) is 16.5. The highest BCUT2D eigenvalue weighted by molar-refractivity contribution is 6.33. The summed E-state index contributed by atoms with van der Waals surface area (Å²) in [5.41, 5.74) is 5.85. The molecule has 0 heterocycles. The lowest BCUT2D eigenvalue weighted by Crippen LogP contribution is -2.43. The lowest BCUT2D eigenvalue weighted by atomic mass is 10.2. The van der Waals surface area contributed by atoms with Gasteiger partial charge in [0.1, 0.15) is 0 Å². The zero-order valence-electron chi connectivity index (χ0n) is 18.1. The van der Waals surface area contributed by atoms with E-state index in [-0.39, 0.29) is 29.3 Å². The summed E-state index contributed by atoms with van der Waals surface area (Å²) in [6.45, 7) is -0.614. The first-order valence-corrected chi connectivity index (χ1v) is 10.8. The number of hydrogen-bond acceptors (Lipinski definition) is 5. The Balaban J connectivity index is 1.47. The predicted octanol–water partition coefficient (Wildman–Crippen LogP) is 3.79. The number of halogens is 1. The molecule has 9 heteroatoms. The number of anilines is 2. The topological polar surface area (TPSA) is 105 Å². The number of hydrogen-bond donors (Lipinski definition) is 2. The second kappa shape index (κ2) is 12.2. The van der Waals surface area contributed by atoms with Crippen LogP contribution in [0.5, 0.6) is 0 Å². The first-order valence-electron chi connectivity index (χ1n) is 10.4. The lowest BCUT2D eigenvalue weighted by molar-refractivity contribution is -0.149. The number of esters is 1. The van der Waals surface area contributed by atoms with E-state index in [2.05, 4.69) is 10.9 Å². The molecule has 174 valence electrons. The molecule has 0 spiro atoms. The van der Waals surface area contributed by atoms with Gasteiger partial charge in [0, 0.05) is 17.8 Å². The number of carbonyl (C=O) groups is 4. The Morgan fingerprint density at radius 2 is 1.29 bits per heavy atom. The fourth-order valence-electron chi connectivity index (χ4n) is 3.01. The van der Waals surface area contributed by atoms with Gasteiger partial charge in [0.2, 0.25) is 5.91 Å². The molecular formula is C25H22ClN3O5. The number of ether oxygens (including phenoxy) is 1. The fourth-order valence-corrected chi connectivity index (χ4v) is 3.23. The van der Waals surface area contributed by atoms with Gasteiger partial charge < -0.3 is 4.74 Å². The molecular weight excluding hydrogens is 458 g/mol. The molecule has 0 radical (unpaired) electrons. The minimum absolute atomic E-state index is 0.118. The molecule has 3 aromatic carbocycles. The maximum atomic E-state index is 12.9. The zero-order valence-corrected chi connectivity index (χ0v) is 18.8. The number of carbonyl (C=O) groups excluding carboxylic acids is 4. The molecule has 0 aliphatic carbocycles. The number of benzene rings is 3. The number of hydrazine groups is 1. The van der Waals surface area contributed by atoms with E-state index in [0.717, 1.165) is 0 Å². The van der Waals surface area contributed by atoms with Crippen LogP contribution in [-0.4, -0.2) is 30.3 Å². The molecule has 0 aromatic heterocycles. The number of nitrogens with zero attached hydrogens (tertiary/aromatic N) is 1. The standard InChI is InChI=1S/C25H22ClN3O5/c26-21-14-8-7-13-20(21)25(33)28-27-22(30)17-34-24(32)16-15-23(31)29(18-9-3-1-4-10-18)19-11-5-2-6-12-19/h1-14H,15-17H2,(H,27,30)(H,28,33). The van der Waals surface area contributed by atoms with Gasteiger partial charge in [-0.05, 0) is 36.4 Å². The monoisotopic (exact) mass is 479 g/mol. The Bertz CT molecular complexity index is 1120. The first kappa shape index (κ1) is 24.5. The lowest BCUT2D eigenvalue weighted by Gasteiger charge is -2.23. The van der Waals surface area contributed by atoms with Crippen LogP contribution in [0.25, 0.3) is 0 Å². The smallest absolute Gasteiger partial charge is 0.306 e. The van der Waals surface area contributed by atoms with Gasteiger partial charge in [0.25, 0.3) is 11.8 Å². The molecule has 0 fully saturated rings. The highest BCUT2D eigenvalue weighted by Gasteiger charge is 2.19. The fraction of sp³-hybridized carbons (Fsp3) is 0.120. The Morgan fingerprint density at radius 1 is 0.735 bits per heavy atom. The van der Waals surface area contributed by atoms with Crippen molar-refractivity contribution in [3.8, 4) is 0 Å². The number of rotatable bonds is 8. The Hall–Kier alpha value is -4.17. The van der Waals surface area contributed by atoms with Gasteiger partial charge >= 0.3 is 5.97 Å². The molecule has 0 aliphatic rings. The van der Waals surface area contributed by atoms with Crippen LogP contribution < -0.4 is 15.8 Å². The molecule has 3 rings (SSSR count). The second-order valence-electron chi connectivity index (χ2n) is 7.04. The van der Waals surface area contributed by atoms with E-state index < -0.39 is 24.4 Å². The molecule has 0 saturated carbocycles. The van der Waals surface area contributed by atoms with Gasteiger partial charge in [-0.3, -0.25) is 34.9 Å². The third-order valence-electron chi connectivity index (χ3n) is 4.62. The number of nitrogens with one attached hydrogen (secondary N) is 2. The Morgan fingerprint density at radius 3 is 1.88 bits per heavy atom. The van der Waals surface area contributed by atoms with Crippen LogP contribution >= 0.6 is 11.6 Å². The van der Waals surface area contributed by atoms with E-state index in [4.69, 9.17) is 16.3 Å². The highest BCUT2D eigenvalue weighted by Crippen LogP contribution is 2.26. The molecule has 0 atom stereocenters. The van der Waals surface area contributed by atoms with Crippen molar-refractivity contribution >= 4 is 46.7 Å². The predicted molar refractivity (Wildman–Crippen MR) is 127 cm³/mol. The Labute approximate surface area is 201 Å².